The first-order chi connectivity index (χ1) is 12.7. The van der Waals surface area contributed by atoms with Crippen molar-refractivity contribution in [2.45, 2.75) is 51.3 Å². The van der Waals surface area contributed by atoms with Crippen molar-refractivity contribution < 1.29 is 14.1 Å². The number of rotatable bonds is 5. The summed E-state index contributed by atoms with van der Waals surface area (Å²) in [5.74, 6) is 1.94. The fourth-order valence-corrected chi connectivity index (χ4v) is 3.80. The highest BCUT2D eigenvalue weighted by Gasteiger charge is 2.38. The maximum Gasteiger partial charge on any atom is 0.254 e. The van der Waals surface area contributed by atoms with Crippen molar-refractivity contribution in [1.82, 2.24) is 20.4 Å². The standard InChI is InChI=1S/C19H24N4O3.ClH/c1-2-18-21-17(22-26-18)12-25-16-7-3-13(4-8-16)19(24)23-14-5-6-15(23)11-20-10-9-14;/h3-4,7-8,14-15,20H,2,5-6,9-12H2,1H3;1H. The van der Waals surface area contributed by atoms with Crippen molar-refractivity contribution in [3.05, 3.63) is 41.5 Å². The van der Waals surface area contributed by atoms with E-state index in [2.05, 4.69) is 20.4 Å². The molecule has 1 aromatic carbocycles. The van der Waals surface area contributed by atoms with E-state index in [0.717, 1.165) is 32.4 Å². The van der Waals surface area contributed by atoms with Crippen LogP contribution in [0, 0.1) is 0 Å². The zero-order valence-electron chi connectivity index (χ0n) is 15.4. The van der Waals surface area contributed by atoms with Gasteiger partial charge < -0.3 is 19.5 Å². The fraction of sp³-hybridized carbons (Fsp3) is 0.526. The Morgan fingerprint density at radius 3 is 2.78 bits per heavy atom. The number of ether oxygens (including phenoxy) is 1. The van der Waals surface area contributed by atoms with Crippen LogP contribution in [0.15, 0.2) is 28.8 Å². The molecule has 0 saturated carbocycles. The predicted molar refractivity (Wildman–Crippen MR) is 102 cm³/mol. The monoisotopic (exact) mass is 392 g/mol. The number of hydrogen-bond donors (Lipinski definition) is 1. The molecule has 2 aromatic rings. The Morgan fingerprint density at radius 2 is 2.04 bits per heavy atom. The van der Waals surface area contributed by atoms with Gasteiger partial charge in [-0.3, -0.25) is 4.79 Å². The third-order valence-electron chi connectivity index (χ3n) is 5.17. The van der Waals surface area contributed by atoms with Crippen LogP contribution in [0.1, 0.15) is 48.3 Å². The van der Waals surface area contributed by atoms with Crippen molar-refractivity contribution in [2.75, 3.05) is 13.1 Å². The molecule has 2 aliphatic rings. The van der Waals surface area contributed by atoms with Crippen molar-refractivity contribution in [1.29, 1.82) is 0 Å². The first-order valence-corrected chi connectivity index (χ1v) is 9.32. The Kier molecular flexibility index (Phi) is 6.34. The Hall–Kier alpha value is -2.12. The molecule has 3 heterocycles. The average molecular weight is 393 g/mol. The molecule has 146 valence electrons. The molecule has 1 amide bonds. The molecule has 27 heavy (non-hydrogen) atoms. The predicted octanol–water partition coefficient (Wildman–Crippen LogP) is 2.60. The van der Waals surface area contributed by atoms with Gasteiger partial charge in [0.2, 0.25) is 11.7 Å². The number of nitrogens with zero attached hydrogens (tertiary/aromatic N) is 3. The number of halogens is 1. The van der Waals surface area contributed by atoms with E-state index < -0.39 is 0 Å². The van der Waals surface area contributed by atoms with Crippen LogP contribution >= 0.6 is 12.4 Å². The lowest BCUT2D eigenvalue weighted by molar-refractivity contribution is 0.0680. The summed E-state index contributed by atoms with van der Waals surface area (Å²) in [6.45, 7) is 4.10. The van der Waals surface area contributed by atoms with Gasteiger partial charge in [-0.1, -0.05) is 12.1 Å². The maximum absolute atomic E-state index is 13.0. The Balaban J connectivity index is 0.00000210. The Morgan fingerprint density at radius 1 is 1.26 bits per heavy atom. The van der Waals surface area contributed by atoms with Gasteiger partial charge in [0.25, 0.3) is 5.91 Å². The van der Waals surface area contributed by atoms with Crippen LogP contribution in [0.5, 0.6) is 5.75 Å². The second-order valence-corrected chi connectivity index (χ2v) is 6.86. The molecule has 4 rings (SSSR count). The first kappa shape index (κ1) is 19.6. The molecule has 0 aliphatic carbocycles. The van der Waals surface area contributed by atoms with Crippen LogP contribution in [0.4, 0.5) is 0 Å². The Bertz CT molecular complexity index is 751. The molecule has 2 saturated heterocycles. The summed E-state index contributed by atoms with van der Waals surface area (Å²) in [4.78, 5) is 19.3. The van der Waals surface area contributed by atoms with E-state index in [9.17, 15) is 4.79 Å². The van der Waals surface area contributed by atoms with Crippen LogP contribution in [0.2, 0.25) is 0 Å². The third kappa shape index (κ3) is 4.25. The van der Waals surface area contributed by atoms with Crippen LogP contribution in [0.25, 0.3) is 0 Å². The van der Waals surface area contributed by atoms with Gasteiger partial charge in [0, 0.05) is 30.6 Å². The number of carbonyl (C=O) groups is 1. The first-order valence-electron chi connectivity index (χ1n) is 9.32. The minimum Gasteiger partial charge on any atom is -0.485 e. The van der Waals surface area contributed by atoms with Gasteiger partial charge in [-0.15, -0.1) is 12.4 Å². The molecule has 1 N–H and O–H groups in total. The summed E-state index contributed by atoms with van der Waals surface area (Å²) in [6, 6.07) is 8.01. The summed E-state index contributed by atoms with van der Waals surface area (Å²) in [5, 5.41) is 7.29. The van der Waals surface area contributed by atoms with Crippen LogP contribution in [-0.2, 0) is 13.0 Å². The molecule has 2 aliphatic heterocycles. The number of amides is 1. The van der Waals surface area contributed by atoms with Gasteiger partial charge in [-0.2, -0.15) is 4.98 Å². The van der Waals surface area contributed by atoms with Crippen molar-refractivity contribution in [2.24, 2.45) is 0 Å². The molecule has 1 aromatic heterocycles. The Labute approximate surface area is 164 Å². The number of fused-ring (bicyclic) bond motifs is 2. The van der Waals surface area contributed by atoms with E-state index in [1.807, 2.05) is 31.2 Å². The minimum atomic E-state index is 0. The molecule has 0 spiro atoms. The zero-order chi connectivity index (χ0) is 17.9. The SMILES string of the molecule is CCc1nc(COc2ccc(C(=O)N3C4CCNCC3CC4)cc2)no1.Cl. The molecule has 7 nitrogen and oxygen atoms in total. The summed E-state index contributed by atoms with van der Waals surface area (Å²) in [5.41, 5.74) is 0.712. The van der Waals surface area contributed by atoms with Crippen molar-refractivity contribution in [3.8, 4) is 5.75 Å². The topological polar surface area (TPSA) is 80.5 Å². The lowest BCUT2D eigenvalue weighted by Gasteiger charge is -2.28. The highest BCUT2D eigenvalue weighted by molar-refractivity contribution is 5.95. The maximum atomic E-state index is 13.0. The molecule has 2 unspecified atom stereocenters. The van der Waals surface area contributed by atoms with Crippen LogP contribution < -0.4 is 10.1 Å². The molecular weight excluding hydrogens is 368 g/mol. The number of aryl methyl sites for hydroxylation is 1. The van der Waals surface area contributed by atoms with Gasteiger partial charge in [-0.25, -0.2) is 0 Å². The summed E-state index contributed by atoms with van der Waals surface area (Å²) in [6.07, 6.45) is 3.95. The van der Waals surface area contributed by atoms with E-state index in [-0.39, 0.29) is 24.9 Å². The highest BCUT2D eigenvalue weighted by Crippen LogP contribution is 2.30. The number of hydrogen-bond acceptors (Lipinski definition) is 6. The van der Waals surface area contributed by atoms with E-state index >= 15 is 0 Å². The number of nitrogens with one attached hydrogen (secondary N) is 1. The summed E-state index contributed by atoms with van der Waals surface area (Å²) >= 11 is 0. The summed E-state index contributed by atoms with van der Waals surface area (Å²) < 4.78 is 10.7. The zero-order valence-corrected chi connectivity index (χ0v) is 16.2. The lowest BCUT2D eigenvalue weighted by atomic mass is 10.1. The average Bonchev–Trinajstić information content (AvgIpc) is 3.22. The molecular formula is C19H25ClN4O3. The number of aromatic nitrogens is 2. The van der Waals surface area contributed by atoms with Crippen molar-refractivity contribution in [3.63, 3.8) is 0 Å². The van der Waals surface area contributed by atoms with Crippen molar-refractivity contribution >= 4 is 18.3 Å². The molecule has 2 bridgehead atoms. The lowest BCUT2D eigenvalue weighted by Crippen LogP contribution is -2.42. The number of benzene rings is 1. The van der Waals surface area contributed by atoms with E-state index in [1.165, 1.54) is 0 Å². The second kappa shape index (κ2) is 8.71. The fourth-order valence-electron chi connectivity index (χ4n) is 3.80. The van der Waals surface area contributed by atoms with Gasteiger partial charge in [0.05, 0.1) is 0 Å². The van der Waals surface area contributed by atoms with Gasteiger partial charge in [0.1, 0.15) is 5.75 Å². The molecule has 0 radical (unpaired) electrons. The largest absolute Gasteiger partial charge is 0.485 e. The molecule has 8 heteroatoms. The highest BCUT2D eigenvalue weighted by atomic mass is 35.5. The van der Waals surface area contributed by atoms with Gasteiger partial charge in [-0.05, 0) is 50.1 Å². The molecule has 2 atom stereocenters. The minimum absolute atomic E-state index is 0. The van der Waals surface area contributed by atoms with Crippen LogP contribution in [-0.4, -0.2) is 46.1 Å². The summed E-state index contributed by atoms with van der Waals surface area (Å²) in [7, 11) is 0. The quantitative estimate of drug-likeness (QED) is 0.842. The van der Waals surface area contributed by atoms with Gasteiger partial charge in [0.15, 0.2) is 6.61 Å². The van der Waals surface area contributed by atoms with Crippen LogP contribution in [0.3, 0.4) is 0 Å². The number of carbonyl (C=O) groups excluding carboxylic acids is 1. The molecule has 2 fully saturated rings. The van der Waals surface area contributed by atoms with Gasteiger partial charge >= 0.3 is 0 Å². The van der Waals surface area contributed by atoms with E-state index in [0.29, 0.717) is 41.5 Å². The van der Waals surface area contributed by atoms with E-state index in [4.69, 9.17) is 9.26 Å². The van der Waals surface area contributed by atoms with E-state index in [1.54, 1.807) is 0 Å². The third-order valence-corrected chi connectivity index (χ3v) is 5.17. The smallest absolute Gasteiger partial charge is 0.254 e. The second-order valence-electron chi connectivity index (χ2n) is 6.86. The normalized spacial score (nSPS) is 21.4.